The second-order valence-corrected chi connectivity index (χ2v) is 7.37. The molecular formula is C21H24Cl2N4O2. The molecule has 8 heteroatoms. The van der Waals surface area contributed by atoms with E-state index in [0.717, 1.165) is 42.8 Å². The van der Waals surface area contributed by atoms with E-state index in [0.29, 0.717) is 10.8 Å². The quantitative estimate of drug-likeness (QED) is 0.622. The summed E-state index contributed by atoms with van der Waals surface area (Å²) in [5.74, 6) is 1.43. The van der Waals surface area contributed by atoms with Gasteiger partial charge in [0.05, 0.1) is 11.0 Å². The van der Waals surface area contributed by atoms with Crippen LogP contribution in [-0.2, 0) is 17.9 Å². The first-order chi connectivity index (χ1) is 13.7. The number of piperidine rings is 1. The minimum atomic E-state index is 0. The second-order valence-electron chi connectivity index (χ2n) is 6.94. The van der Waals surface area contributed by atoms with E-state index in [9.17, 15) is 4.79 Å². The molecule has 0 aliphatic carbocycles. The van der Waals surface area contributed by atoms with Gasteiger partial charge < -0.3 is 19.9 Å². The molecule has 154 valence electrons. The lowest BCUT2D eigenvalue weighted by molar-refractivity contribution is -0.122. The molecule has 1 saturated heterocycles. The number of nitrogens with zero attached hydrogens (tertiary/aromatic N) is 2. The summed E-state index contributed by atoms with van der Waals surface area (Å²) in [5.41, 5.74) is 1.78. The SMILES string of the molecule is Cl.O=C(Cn1c(COc2ccc(Cl)cc2)nc2ccccc21)NC1CCNCC1. The molecule has 0 saturated carbocycles. The minimum Gasteiger partial charge on any atom is -0.486 e. The van der Waals surface area contributed by atoms with Gasteiger partial charge in [-0.2, -0.15) is 0 Å². The molecule has 6 nitrogen and oxygen atoms in total. The van der Waals surface area contributed by atoms with E-state index in [1.807, 2.05) is 41.0 Å². The largest absolute Gasteiger partial charge is 0.486 e. The second kappa shape index (κ2) is 9.96. The first kappa shape index (κ1) is 21.4. The summed E-state index contributed by atoms with van der Waals surface area (Å²) >= 11 is 5.92. The van der Waals surface area contributed by atoms with Crippen molar-refractivity contribution in [2.24, 2.45) is 0 Å². The third kappa shape index (κ3) is 5.41. The Bertz CT molecular complexity index is 953. The van der Waals surface area contributed by atoms with Crippen LogP contribution in [-0.4, -0.2) is 34.6 Å². The fraction of sp³-hybridized carbons (Fsp3) is 0.333. The highest BCUT2D eigenvalue weighted by atomic mass is 35.5. The summed E-state index contributed by atoms with van der Waals surface area (Å²) in [5, 5.41) is 7.12. The third-order valence-corrected chi connectivity index (χ3v) is 5.17. The molecule has 29 heavy (non-hydrogen) atoms. The number of aromatic nitrogens is 2. The van der Waals surface area contributed by atoms with E-state index >= 15 is 0 Å². The van der Waals surface area contributed by atoms with Gasteiger partial charge in [-0.3, -0.25) is 4.79 Å². The van der Waals surface area contributed by atoms with E-state index in [4.69, 9.17) is 16.3 Å². The maximum atomic E-state index is 12.7. The molecular weight excluding hydrogens is 411 g/mol. The summed E-state index contributed by atoms with van der Waals surface area (Å²) in [4.78, 5) is 17.3. The number of carbonyl (C=O) groups excluding carboxylic acids is 1. The Morgan fingerprint density at radius 2 is 1.90 bits per heavy atom. The lowest BCUT2D eigenvalue weighted by Gasteiger charge is -2.24. The summed E-state index contributed by atoms with van der Waals surface area (Å²) in [6.07, 6.45) is 1.92. The number of benzene rings is 2. The predicted octanol–water partition coefficient (Wildman–Crippen LogP) is 3.56. The number of halogens is 2. The number of hydrogen-bond acceptors (Lipinski definition) is 4. The average Bonchev–Trinajstić information content (AvgIpc) is 3.06. The first-order valence-corrected chi connectivity index (χ1v) is 9.89. The lowest BCUT2D eigenvalue weighted by atomic mass is 10.1. The number of rotatable bonds is 6. The van der Waals surface area contributed by atoms with Crippen molar-refractivity contribution >= 4 is 40.9 Å². The molecule has 2 N–H and O–H groups in total. The molecule has 2 aromatic carbocycles. The van der Waals surface area contributed by atoms with Crippen molar-refractivity contribution in [3.8, 4) is 5.75 Å². The number of ether oxygens (including phenoxy) is 1. The van der Waals surface area contributed by atoms with Gasteiger partial charge >= 0.3 is 0 Å². The zero-order chi connectivity index (χ0) is 19.3. The maximum Gasteiger partial charge on any atom is 0.240 e. The first-order valence-electron chi connectivity index (χ1n) is 9.51. The van der Waals surface area contributed by atoms with Crippen molar-refractivity contribution in [1.82, 2.24) is 20.2 Å². The van der Waals surface area contributed by atoms with Crippen LogP contribution in [0.25, 0.3) is 11.0 Å². The van der Waals surface area contributed by atoms with E-state index in [1.165, 1.54) is 0 Å². The summed E-state index contributed by atoms with van der Waals surface area (Å²) in [7, 11) is 0. The highest BCUT2D eigenvalue weighted by Crippen LogP contribution is 2.20. The van der Waals surface area contributed by atoms with E-state index in [2.05, 4.69) is 15.6 Å². The van der Waals surface area contributed by atoms with Gasteiger partial charge in [-0.15, -0.1) is 12.4 Å². The molecule has 1 aliphatic rings. The number of nitrogens with one attached hydrogen (secondary N) is 2. The average molecular weight is 435 g/mol. The van der Waals surface area contributed by atoms with E-state index < -0.39 is 0 Å². The highest BCUT2D eigenvalue weighted by Gasteiger charge is 2.18. The van der Waals surface area contributed by atoms with Crippen LogP contribution in [0.4, 0.5) is 0 Å². The van der Waals surface area contributed by atoms with Crippen molar-refractivity contribution in [1.29, 1.82) is 0 Å². The van der Waals surface area contributed by atoms with Crippen LogP contribution in [0.2, 0.25) is 5.02 Å². The molecule has 0 spiro atoms. The Hall–Kier alpha value is -2.28. The van der Waals surface area contributed by atoms with Crippen LogP contribution in [0.5, 0.6) is 5.75 Å². The molecule has 0 radical (unpaired) electrons. The van der Waals surface area contributed by atoms with E-state index in [1.54, 1.807) is 12.1 Å². The fourth-order valence-electron chi connectivity index (χ4n) is 3.47. The van der Waals surface area contributed by atoms with Crippen molar-refractivity contribution < 1.29 is 9.53 Å². The fourth-order valence-corrected chi connectivity index (χ4v) is 3.60. The zero-order valence-electron chi connectivity index (χ0n) is 15.9. The van der Waals surface area contributed by atoms with Crippen molar-refractivity contribution in [2.75, 3.05) is 13.1 Å². The number of hydrogen-bond donors (Lipinski definition) is 2. The van der Waals surface area contributed by atoms with Crippen LogP contribution in [0.1, 0.15) is 18.7 Å². The molecule has 3 aromatic rings. The van der Waals surface area contributed by atoms with Gasteiger partial charge in [0, 0.05) is 11.1 Å². The summed E-state index contributed by atoms with van der Waals surface area (Å²) < 4.78 is 7.80. The Kier molecular flexibility index (Phi) is 7.36. The van der Waals surface area contributed by atoms with Crippen molar-refractivity contribution in [3.05, 3.63) is 59.4 Å². The van der Waals surface area contributed by atoms with E-state index in [-0.39, 0.29) is 37.5 Å². The Labute approximate surface area is 181 Å². The minimum absolute atomic E-state index is 0. The number of para-hydroxylation sites is 2. The van der Waals surface area contributed by atoms with Crippen LogP contribution < -0.4 is 15.4 Å². The topological polar surface area (TPSA) is 68.2 Å². The molecule has 1 aromatic heterocycles. The normalized spacial score (nSPS) is 14.4. The van der Waals surface area contributed by atoms with Crippen LogP contribution in [0.3, 0.4) is 0 Å². The van der Waals surface area contributed by atoms with Gasteiger partial charge in [-0.1, -0.05) is 23.7 Å². The summed E-state index contributed by atoms with van der Waals surface area (Å²) in [6.45, 7) is 2.39. The molecule has 4 rings (SSSR count). The number of amides is 1. The van der Waals surface area contributed by atoms with Crippen molar-refractivity contribution in [3.63, 3.8) is 0 Å². The monoisotopic (exact) mass is 434 g/mol. The number of carbonyl (C=O) groups is 1. The molecule has 1 amide bonds. The summed E-state index contributed by atoms with van der Waals surface area (Å²) in [6, 6.07) is 15.3. The van der Waals surface area contributed by atoms with Gasteiger partial charge in [0.25, 0.3) is 0 Å². The predicted molar refractivity (Wildman–Crippen MR) is 117 cm³/mol. The van der Waals surface area contributed by atoms with Gasteiger partial charge in [0.1, 0.15) is 24.7 Å². The number of imidazole rings is 1. The Balaban J connectivity index is 0.00000240. The Morgan fingerprint density at radius 3 is 2.66 bits per heavy atom. The van der Waals surface area contributed by atoms with Crippen LogP contribution in [0, 0.1) is 0 Å². The number of fused-ring (bicyclic) bond motifs is 1. The molecule has 1 aliphatic heterocycles. The molecule has 1 fully saturated rings. The molecule has 0 bridgehead atoms. The zero-order valence-corrected chi connectivity index (χ0v) is 17.5. The maximum absolute atomic E-state index is 12.7. The van der Waals surface area contributed by atoms with Gasteiger partial charge in [-0.05, 0) is 62.3 Å². The van der Waals surface area contributed by atoms with Crippen LogP contribution >= 0.6 is 24.0 Å². The molecule has 2 heterocycles. The van der Waals surface area contributed by atoms with Crippen molar-refractivity contribution in [2.45, 2.75) is 32.0 Å². The standard InChI is InChI=1S/C21H23ClN4O2.ClH/c22-15-5-7-17(8-6-15)28-14-20-25-18-3-1-2-4-19(18)26(20)13-21(27)24-16-9-11-23-12-10-16;/h1-8,16,23H,9-14H2,(H,24,27);1H. The Morgan fingerprint density at radius 1 is 1.17 bits per heavy atom. The van der Waals surface area contributed by atoms with Gasteiger partial charge in [0.15, 0.2) is 0 Å². The lowest BCUT2D eigenvalue weighted by Crippen LogP contribution is -2.43. The third-order valence-electron chi connectivity index (χ3n) is 4.92. The van der Waals surface area contributed by atoms with Gasteiger partial charge in [0.2, 0.25) is 5.91 Å². The smallest absolute Gasteiger partial charge is 0.240 e. The highest BCUT2D eigenvalue weighted by molar-refractivity contribution is 6.30. The molecule has 0 unspecified atom stereocenters. The van der Waals surface area contributed by atoms with Gasteiger partial charge in [-0.25, -0.2) is 4.98 Å². The molecule has 0 atom stereocenters. The van der Waals surface area contributed by atoms with Crippen LogP contribution in [0.15, 0.2) is 48.5 Å².